The fraction of sp³-hybridized carbons (Fsp3) is 0.200. The minimum absolute atomic E-state index is 0.928. The molecule has 0 amide bonds. The first kappa shape index (κ1) is 24.0. The van der Waals surface area contributed by atoms with Crippen LogP contribution in [0.3, 0.4) is 0 Å². The number of aliphatic imine (C=N–C) groups is 1. The Labute approximate surface area is 209 Å². The highest BCUT2D eigenvalue weighted by Crippen LogP contribution is 2.36. The first-order valence-corrected chi connectivity index (χ1v) is 11.8. The Kier molecular flexibility index (Phi) is 7.16. The fourth-order valence-corrected chi connectivity index (χ4v) is 3.90. The van der Waals surface area contributed by atoms with E-state index in [-0.39, 0.29) is 0 Å². The van der Waals surface area contributed by atoms with Crippen molar-refractivity contribution >= 4 is 45.5 Å². The molecule has 0 fully saturated rings. The SMILES string of the molecule is CN(C)c1ccc(N(c2ccc(N=C3C=CC(=[N+](C)C)C=C3)cc2)c2ccc(N(C)C)cc2)cc1. The first-order chi connectivity index (χ1) is 16.8. The number of rotatable bonds is 6. The lowest BCUT2D eigenvalue weighted by atomic mass is 10.1. The summed E-state index contributed by atoms with van der Waals surface area (Å²) in [5, 5.41) is 0. The average Bonchev–Trinajstić information content (AvgIpc) is 2.86. The van der Waals surface area contributed by atoms with Crippen molar-refractivity contribution in [1.82, 2.24) is 0 Å². The number of hydrogen-bond donors (Lipinski definition) is 0. The zero-order valence-electron chi connectivity index (χ0n) is 21.5. The van der Waals surface area contributed by atoms with Crippen LogP contribution in [-0.2, 0) is 0 Å². The normalized spacial score (nSPS) is 12.5. The van der Waals surface area contributed by atoms with Crippen LogP contribution in [0, 0.1) is 0 Å². The van der Waals surface area contributed by atoms with Crippen molar-refractivity contribution in [3.63, 3.8) is 0 Å². The van der Waals surface area contributed by atoms with Gasteiger partial charge in [-0.15, -0.1) is 0 Å². The molecule has 0 spiro atoms. The molecule has 5 nitrogen and oxygen atoms in total. The smallest absolute Gasteiger partial charge is 0.199 e. The van der Waals surface area contributed by atoms with Gasteiger partial charge in [-0.25, -0.2) is 9.57 Å². The zero-order valence-corrected chi connectivity index (χ0v) is 21.5. The van der Waals surface area contributed by atoms with E-state index in [0.29, 0.717) is 0 Å². The second-order valence-corrected chi connectivity index (χ2v) is 9.20. The maximum Gasteiger partial charge on any atom is 0.199 e. The molecule has 0 N–H and O–H groups in total. The van der Waals surface area contributed by atoms with Gasteiger partial charge in [0.1, 0.15) is 14.1 Å². The van der Waals surface area contributed by atoms with Crippen LogP contribution in [0.1, 0.15) is 0 Å². The molecule has 35 heavy (non-hydrogen) atoms. The van der Waals surface area contributed by atoms with Gasteiger partial charge in [0.15, 0.2) is 5.71 Å². The molecule has 0 radical (unpaired) electrons. The molecule has 0 heterocycles. The predicted molar refractivity (Wildman–Crippen MR) is 152 cm³/mol. The second kappa shape index (κ2) is 10.4. The summed E-state index contributed by atoms with van der Waals surface area (Å²) in [6, 6.07) is 25.7. The van der Waals surface area contributed by atoms with E-state index in [1.165, 1.54) is 11.4 Å². The molecule has 0 atom stereocenters. The number of allylic oxidation sites excluding steroid dienone is 4. The van der Waals surface area contributed by atoms with Crippen LogP contribution in [0.2, 0.25) is 0 Å². The molecule has 5 heteroatoms. The van der Waals surface area contributed by atoms with Crippen molar-refractivity contribution in [1.29, 1.82) is 0 Å². The molecule has 4 rings (SSSR count). The summed E-state index contributed by atoms with van der Waals surface area (Å²) in [6.07, 6.45) is 8.27. The Morgan fingerprint density at radius 2 is 0.886 bits per heavy atom. The molecule has 3 aromatic carbocycles. The topological polar surface area (TPSA) is 25.1 Å². The van der Waals surface area contributed by atoms with E-state index in [0.717, 1.165) is 34.2 Å². The molecule has 3 aromatic rings. The number of anilines is 5. The summed E-state index contributed by atoms with van der Waals surface area (Å²) in [7, 11) is 12.3. The van der Waals surface area contributed by atoms with E-state index in [9.17, 15) is 0 Å². The first-order valence-electron chi connectivity index (χ1n) is 11.8. The van der Waals surface area contributed by atoms with E-state index >= 15 is 0 Å². The van der Waals surface area contributed by atoms with E-state index in [2.05, 4.69) is 132 Å². The van der Waals surface area contributed by atoms with E-state index in [1.807, 2.05) is 26.2 Å². The predicted octanol–water partition coefficient (Wildman–Crippen LogP) is 6.20. The highest BCUT2D eigenvalue weighted by atomic mass is 15.1. The summed E-state index contributed by atoms with van der Waals surface area (Å²) in [5.74, 6) is 0. The molecule has 0 unspecified atom stereocenters. The quantitative estimate of drug-likeness (QED) is 0.321. The molecule has 0 bridgehead atoms. The van der Waals surface area contributed by atoms with Crippen molar-refractivity contribution in [2.24, 2.45) is 4.99 Å². The third-order valence-corrected chi connectivity index (χ3v) is 5.98. The van der Waals surface area contributed by atoms with Crippen molar-refractivity contribution in [3.8, 4) is 0 Å². The molecular weight excluding hydrogens is 430 g/mol. The third-order valence-electron chi connectivity index (χ3n) is 5.98. The summed E-state index contributed by atoms with van der Waals surface area (Å²) in [6.45, 7) is 0. The Bertz CT molecular complexity index is 1200. The van der Waals surface area contributed by atoms with Crippen LogP contribution in [-0.4, -0.2) is 58.3 Å². The van der Waals surface area contributed by atoms with Gasteiger partial charge in [0, 0.05) is 68.8 Å². The fourth-order valence-electron chi connectivity index (χ4n) is 3.90. The van der Waals surface area contributed by atoms with Crippen molar-refractivity contribution in [3.05, 3.63) is 97.1 Å². The second-order valence-electron chi connectivity index (χ2n) is 9.20. The number of benzene rings is 3. The van der Waals surface area contributed by atoms with E-state index in [1.54, 1.807) is 0 Å². The molecule has 0 aromatic heterocycles. The number of hydrogen-bond acceptors (Lipinski definition) is 4. The highest BCUT2D eigenvalue weighted by Gasteiger charge is 2.13. The average molecular weight is 465 g/mol. The monoisotopic (exact) mass is 464 g/mol. The standard InChI is InChI=1S/C30H34N5/c1-32(2)25-11-7-23(8-12-25)31-24-9-13-28(14-10-24)35(29-19-15-26(16-20-29)33(3)4)30-21-17-27(18-22-30)34(5)6/h7-22H,1-6H3/q+1. The molecule has 0 aliphatic heterocycles. The maximum absolute atomic E-state index is 4.80. The Balaban J connectivity index is 1.67. The maximum atomic E-state index is 4.80. The minimum Gasteiger partial charge on any atom is -0.378 e. The third kappa shape index (κ3) is 5.69. The van der Waals surface area contributed by atoms with Gasteiger partial charge < -0.3 is 14.7 Å². The molecule has 1 aliphatic rings. The Hall–Kier alpha value is -4.12. The lowest BCUT2D eigenvalue weighted by Crippen LogP contribution is -2.12. The highest BCUT2D eigenvalue weighted by molar-refractivity contribution is 6.17. The number of nitrogens with zero attached hydrogens (tertiary/aromatic N) is 5. The van der Waals surface area contributed by atoms with Crippen LogP contribution in [0.15, 0.2) is 102 Å². The van der Waals surface area contributed by atoms with Gasteiger partial charge in [-0.2, -0.15) is 0 Å². The minimum atomic E-state index is 0.928. The molecular formula is C30H34N5+. The van der Waals surface area contributed by atoms with E-state index < -0.39 is 0 Å². The van der Waals surface area contributed by atoms with Crippen LogP contribution in [0.25, 0.3) is 0 Å². The lowest BCUT2D eigenvalue weighted by Gasteiger charge is -2.27. The Morgan fingerprint density at radius 3 is 1.26 bits per heavy atom. The summed E-state index contributed by atoms with van der Waals surface area (Å²) < 4.78 is 2.09. The van der Waals surface area contributed by atoms with Crippen LogP contribution in [0.5, 0.6) is 0 Å². The summed E-state index contributed by atoms with van der Waals surface area (Å²) in [4.78, 5) is 11.3. The van der Waals surface area contributed by atoms with Crippen molar-refractivity contribution < 1.29 is 4.58 Å². The molecule has 0 saturated carbocycles. The van der Waals surface area contributed by atoms with Gasteiger partial charge in [0.05, 0.1) is 11.4 Å². The van der Waals surface area contributed by atoms with Gasteiger partial charge in [-0.3, -0.25) is 0 Å². The van der Waals surface area contributed by atoms with Gasteiger partial charge >= 0.3 is 0 Å². The Morgan fingerprint density at radius 1 is 0.514 bits per heavy atom. The van der Waals surface area contributed by atoms with Gasteiger partial charge in [-0.1, -0.05) is 0 Å². The summed E-state index contributed by atoms with van der Waals surface area (Å²) >= 11 is 0. The zero-order chi connectivity index (χ0) is 24.9. The van der Waals surface area contributed by atoms with Crippen LogP contribution >= 0.6 is 0 Å². The van der Waals surface area contributed by atoms with Gasteiger partial charge in [0.25, 0.3) is 0 Å². The van der Waals surface area contributed by atoms with Crippen molar-refractivity contribution in [2.45, 2.75) is 0 Å². The van der Waals surface area contributed by atoms with Crippen LogP contribution in [0.4, 0.5) is 34.1 Å². The molecule has 178 valence electrons. The van der Waals surface area contributed by atoms with Gasteiger partial charge in [0.2, 0.25) is 0 Å². The lowest BCUT2D eigenvalue weighted by molar-refractivity contribution is -0.462. The van der Waals surface area contributed by atoms with Crippen molar-refractivity contribution in [2.75, 3.05) is 57.0 Å². The largest absolute Gasteiger partial charge is 0.378 e. The van der Waals surface area contributed by atoms with E-state index in [4.69, 9.17) is 4.99 Å². The van der Waals surface area contributed by atoms with Crippen LogP contribution < -0.4 is 14.7 Å². The molecule has 1 aliphatic carbocycles. The molecule has 0 saturated heterocycles. The van der Waals surface area contributed by atoms with Gasteiger partial charge in [-0.05, 0) is 84.9 Å². The summed E-state index contributed by atoms with van der Waals surface area (Å²) in [5.41, 5.74) is 8.68.